The Morgan fingerprint density at radius 3 is 2.60 bits per heavy atom. The van der Waals surface area contributed by atoms with Gasteiger partial charge in [0, 0.05) is 18.2 Å². The lowest BCUT2D eigenvalue weighted by Gasteiger charge is -2.13. The van der Waals surface area contributed by atoms with Crippen LogP contribution >= 0.6 is 23.2 Å². The first kappa shape index (κ1) is 24.3. The number of carbonyl (C=O) groups excluding carboxylic acids is 1. The van der Waals surface area contributed by atoms with Crippen molar-refractivity contribution in [3.05, 3.63) is 76.5 Å². The van der Waals surface area contributed by atoms with Gasteiger partial charge in [0.05, 0.1) is 30.0 Å². The summed E-state index contributed by atoms with van der Waals surface area (Å²) in [4.78, 5) is 12.5. The molecule has 4 aromatic rings. The van der Waals surface area contributed by atoms with E-state index in [9.17, 15) is 4.79 Å². The molecule has 9 nitrogen and oxygen atoms in total. The van der Waals surface area contributed by atoms with Gasteiger partial charge >= 0.3 is 6.09 Å². The standard InChI is InChI=1S/C24H21Cl2N5O4/c1-33-21-7-6-15(10-22(21)34-2)8-9-27-24(32)35-18-12-16(19-4-3-5-20(25)23(19)26)11-17(13-18)31-14-28-29-30-31/h3-7,10-14H,8-9H2,1-2H3,(H,27,32). The van der Waals surface area contributed by atoms with E-state index in [0.29, 0.717) is 51.3 Å². The number of hydrogen-bond acceptors (Lipinski definition) is 7. The summed E-state index contributed by atoms with van der Waals surface area (Å²) >= 11 is 12.6. The molecule has 0 radical (unpaired) electrons. The van der Waals surface area contributed by atoms with Crippen LogP contribution in [0.2, 0.25) is 10.0 Å². The summed E-state index contributed by atoms with van der Waals surface area (Å²) in [7, 11) is 3.15. The SMILES string of the molecule is COc1ccc(CCNC(=O)Oc2cc(-c3cccc(Cl)c3Cl)cc(-n3cnnn3)c2)cc1OC. The quantitative estimate of drug-likeness (QED) is 0.354. The molecule has 0 fully saturated rings. The summed E-state index contributed by atoms with van der Waals surface area (Å²) in [5, 5.41) is 14.8. The number of halogens is 2. The maximum atomic E-state index is 12.5. The molecule has 3 aromatic carbocycles. The lowest BCUT2D eigenvalue weighted by molar-refractivity contribution is 0.200. The van der Waals surface area contributed by atoms with Gasteiger partial charge in [-0.05, 0) is 58.3 Å². The zero-order valence-corrected chi connectivity index (χ0v) is 20.4. The van der Waals surface area contributed by atoms with E-state index in [4.69, 9.17) is 37.4 Å². The molecule has 0 spiro atoms. The van der Waals surface area contributed by atoms with E-state index in [-0.39, 0.29) is 5.75 Å². The van der Waals surface area contributed by atoms with Gasteiger partial charge in [-0.15, -0.1) is 5.10 Å². The number of nitrogens with zero attached hydrogens (tertiary/aromatic N) is 4. The highest BCUT2D eigenvalue weighted by atomic mass is 35.5. The number of rotatable bonds is 8. The molecule has 11 heteroatoms. The van der Waals surface area contributed by atoms with Crippen molar-refractivity contribution in [2.75, 3.05) is 20.8 Å². The minimum Gasteiger partial charge on any atom is -0.493 e. The van der Waals surface area contributed by atoms with Crippen LogP contribution in [0.25, 0.3) is 16.8 Å². The highest BCUT2D eigenvalue weighted by molar-refractivity contribution is 6.43. The third kappa shape index (κ3) is 5.82. The maximum Gasteiger partial charge on any atom is 0.412 e. The van der Waals surface area contributed by atoms with Crippen LogP contribution < -0.4 is 19.5 Å². The summed E-state index contributed by atoms with van der Waals surface area (Å²) in [6.45, 7) is 0.355. The Bertz CT molecular complexity index is 1330. The molecule has 35 heavy (non-hydrogen) atoms. The first-order valence-electron chi connectivity index (χ1n) is 10.5. The molecule has 0 aliphatic carbocycles. The summed E-state index contributed by atoms with van der Waals surface area (Å²) < 4.78 is 17.6. The van der Waals surface area contributed by atoms with Crippen molar-refractivity contribution in [1.82, 2.24) is 25.5 Å². The predicted molar refractivity (Wildman–Crippen MR) is 132 cm³/mol. The van der Waals surface area contributed by atoms with E-state index in [2.05, 4.69) is 20.8 Å². The van der Waals surface area contributed by atoms with Crippen molar-refractivity contribution >= 4 is 29.3 Å². The van der Waals surface area contributed by atoms with E-state index in [1.54, 1.807) is 38.5 Å². The topological polar surface area (TPSA) is 100 Å². The van der Waals surface area contributed by atoms with Crippen LogP contribution in [0.1, 0.15) is 5.56 Å². The third-order valence-electron chi connectivity index (χ3n) is 5.11. The first-order chi connectivity index (χ1) is 17.0. The van der Waals surface area contributed by atoms with Crippen molar-refractivity contribution in [2.24, 2.45) is 0 Å². The van der Waals surface area contributed by atoms with Crippen LogP contribution in [0, 0.1) is 0 Å². The zero-order chi connectivity index (χ0) is 24.8. The summed E-state index contributed by atoms with van der Waals surface area (Å²) in [5.41, 5.74) is 2.91. The molecule has 0 saturated heterocycles. The smallest absolute Gasteiger partial charge is 0.412 e. The molecule has 0 aliphatic heterocycles. The van der Waals surface area contributed by atoms with Gasteiger partial charge in [0.15, 0.2) is 11.5 Å². The number of nitrogens with one attached hydrogen (secondary N) is 1. The van der Waals surface area contributed by atoms with Crippen molar-refractivity contribution in [3.8, 4) is 34.1 Å². The summed E-state index contributed by atoms with van der Waals surface area (Å²) in [5.74, 6) is 1.55. The van der Waals surface area contributed by atoms with Crippen molar-refractivity contribution in [1.29, 1.82) is 0 Å². The molecule has 180 valence electrons. The molecule has 0 atom stereocenters. The molecule has 1 heterocycles. The number of aromatic nitrogens is 4. The summed E-state index contributed by atoms with van der Waals surface area (Å²) in [6, 6.07) is 16.0. The van der Waals surface area contributed by atoms with Gasteiger partial charge < -0.3 is 19.5 Å². The molecule has 0 unspecified atom stereocenters. The average Bonchev–Trinajstić information content (AvgIpc) is 3.40. The molecule has 1 aromatic heterocycles. The Kier molecular flexibility index (Phi) is 7.69. The fraction of sp³-hybridized carbons (Fsp3) is 0.167. The van der Waals surface area contributed by atoms with E-state index < -0.39 is 6.09 Å². The van der Waals surface area contributed by atoms with E-state index >= 15 is 0 Å². The van der Waals surface area contributed by atoms with Crippen LogP contribution in [-0.2, 0) is 6.42 Å². The molecule has 0 saturated carbocycles. The fourth-order valence-corrected chi connectivity index (χ4v) is 3.83. The monoisotopic (exact) mass is 513 g/mol. The van der Waals surface area contributed by atoms with E-state index in [1.165, 1.54) is 11.0 Å². The second-order valence-corrected chi connectivity index (χ2v) is 8.11. The first-order valence-corrected chi connectivity index (χ1v) is 11.2. The van der Waals surface area contributed by atoms with E-state index in [1.807, 2.05) is 30.3 Å². The molecular weight excluding hydrogens is 493 g/mol. The number of hydrogen-bond donors (Lipinski definition) is 1. The highest BCUT2D eigenvalue weighted by Gasteiger charge is 2.14. The number of tetrazole rings is 1. The Morgan fingerprint density at radius 2 is 1.86 bits per heavy atom. The Hall–Kier alpha value is -3.82. The van der Waals surface area contributed by atoms with Gasteiger partial charge in [-0.25, -0.2) is 9.48 Å². The minimum atomic E-state index is -0.609. The normalized spacial score (nSPS) is 10.6. The highest BCUT2D eigenvalue weighted by Crippen LogP contribution is 2.36. The zero-order valence-electron chi connectivity index (χ0n) is 18.9. The van der Waals surface area contributed by atoms with E-state index in [0.717, 1.165) is 5.56 Å². The Morgan fingerprint density at radius 1 is 1.03 bits per heavy atom. The van der Waals surface area contributed by atoms with Crippen LogP contribution in [0.3, 0.4) is 0 Å². The molecule has 1 N–H and O–H groups in total. The van der Waals surface area contributed by atoms with Crippen LogP contribution in [0.5, 0.6) is 17.2 Å². The molecule has 4 rings (SSSR count). The van der Waals surface area contributed by atoms with Gasteiger partial charge in [0.1, 0.15) is 12.1 Å². The number of ether oxygens (including phenoxy) is 3. The van der Waals surface area contributed by atoms with Gasteiger partial charge in [0.25, 0.3) is 0 Å². The lowest BCUT2D eigenvalue weighted by atomic mass is 10.0. The third-order valence-corrected chi connectivity index (χ3v) is 5.93. The van der Waals surface area contributed by atoms with Crippen molar-refractivity contribution in [3.63, 3.8) is 0 Å². The average molecular weight is 514 g/mol. The van der Waals surface area contributed by atoms with Crippen molar-refractivity contribution in [2.45, 2.75) is 6.42 Å². The van der Waals surface area contributed by atoms with Gasteiger partial charge in [0.2, 0.25) is 0 Å². The van der Waals surface area contributed by atoms with Crippen molar-refractivity contribution < 1.29 is 19.0 Å². The fourth-order valence-electron chi connectivity index (χ4n) is 3.42. The summed E-state index contributed by atoms with van der Waals surface area (Å²) in [6.07, 6.45) is 1.40. The predicted octanol–water partition coefficient (Wildman–Crippen LogP) is 4.98. The second kappa shape index (κ2) is 11.1. The molecule has 1 amide bonds. The Balaban J connectivity index is 1.49. The number of methoxy groups -OCH3 is 2. The van der Waals surface area contributed by atoms with Gasteiger partial charge in [-0.1, -0.05) is 41.4 Å². The van der Waals surface area contributed by atoms with Gasteiger partial charge in [-0.3, -0.25) is 0 Å². The second-order valence-electron chi connectivity index (χ2n) is 7.33. The number of amides is 1. The Labute approximate surface area is 211 Å². The number of carbonyl (C=O) groups is 1. The van der Waals surface area contributed by atoms with Gasteiger partial charge in [-0.2, -0.15) is 0 Å². The molecule has 0 bridgehead atoms. The number of benzene rings is 3. The molecule has 0 aliphatic rings. The maximum absolute atomic E-state index is 12.5. The molecular formula is C24H21Cl2N5O4. The lowest BCUT2D eigenvalue weighted by Crippen LogP contribution is -2.28. The minimum absolute atomic E-state index is 0.285. The van der Waals surface area contributed by atoms with Crippen LogP contribution in [-0.4, -0.2) is 47.1 Å². The van der Waals surface area contributed by atoms with Crippen LogP contribution in [0.4, 0.5) is 4.79 Å². The van der Waals surface area contributed by atoms with Crippen LogP contribution in [0.15, 0.2) is 60.9 Å². The largest absolute Gasteiger partial charge is 0.493 e.